The van der Waals surface area contributed by atoms with Crippen LogP contribution in [0.1, 0.15) is 12.8 Å². The van der Waals surface area contributed by atoms with Crippen LogP contribution in [0.2, 0.25) is 0 Å². The highest BCUT2D eigenvalue weighted by Crippen LogP contribution is 2.17. The molecule has 1 aromatic heterocycles. The summed E-state index contributed by atoms with van der Waals surface area (Å²) in [4.78, 5) is 24.2. The van der Waals surface area contributed by atoms with Gasteiger partial charge >= 0.3 is 5.97 Å². The van der Waals surface area contributed by atoms with E-state index in [1.807, 2.05) is 0 Å². The maximum atomic E-state index is 11.8. The van der Waals surface area contributed by atoms with Crippen LogP contribution in [-0.4, -0.2) is 44.3 Å². The molecule has 2 heterocycles. The number of nitrogens with zero attached hydrogens (tertiary/aromatic N) is 3. The molecule has 1 aromatic rings. The van der Waals surface area contributed by atoms with Gasteiger partial charge in [0.05, 0.1) is 0 Å². The molecule has 16 heavy (non-hydrogen) atoms. The SMILES string of the molecule is O=C(O)C1CCCN1C(=O)Cn1cccn1. The fourth-order valence-corrected chi connectivity index (χ4v) is 1.95. The zero-order chi connectivity index (χ0) is 11.5. The summed E-state index contributed by atoms with van der Waals surface area (Å²) in [5.74, 6) is -1.11. The molecule has 6 heteroatoms. The van der Waals surface area contributed by atoms with Crippen LogP contribution in [0.15, 0.2) is 18.5 Å². The first kappa shape index (κ1) is 10.7. The van der Waals surface area contributed by atoms with Gasteiger partial charge in [0.1, 0.15) is 12.6 Å². The number of hydrogen-bond donors (Lipinski definition) is 1. The maximum absolute atomic E-state index is 11.8. The Bertz CT molecular complexity index is 388. The van der Waals surface area contributed by atoms with Gasteiger partial charge in [-0.3, -0.25) is 9.48 Å². The number of carbonyl (C=O) groups is 2. The Morgan fingerprint density at radius 2 is 2.31 bits per heavy atom. The monoisotopic (exact) mass is 223 g/mol. The Morgan fingerprint density at radius 1 is 1.50 bits per heavy atom. The van der Waals surface area contributed by atoms with E-state index < -0.39 is 12.0 Å². The third-order valence-electron chi connectivity index (χ3n) is 2.71. The number of carboxylic acids is 1. The van der Waals surface area contributed by atoms with Gasteiger partial charge in [-0.15, -0.1) is 0 Å². The number of carbonyl (C=O) groups excluding carboxylic acids is 1. The second-order valence-electron chi connectivity index (χ2n) is 3.79. The number of hydrogen-bond acceptors (Lipinski definition) is 3. The Morgan fingerprint density at radius 3 is 2.94 bits per heavy atom. The van der Waals surface area contributed by atoms with Gasteiger partial charge in [-0.25, -0.2) is 4.79 Å². The molecule has 1 saturated heterocycles. The molecular weight excluding hydrogens is 210 g/mol. The Labute approximate surface area is 92.5 Å². The van der Waals surface area contributed by atoms with Crippen molar-refractivity contribution in [2.75, 3.05) is 6.54 Å². The minimum atomic E-state index is -0.925. The van der Waals surface area contributed by atoms with E-state index in [0.717, 1.165) is 6.42 Å². The minimum Gasteiger partial charge on any atom is -0.480 e. The Hall–Kier alpha value is -1.85. The second kappa shape index (κ2) is 4.34. The molecule has 86 valence electrons. The zero-order valence-corrected chi connectivity index (χ0v) is 8.74. The fourth-order valence-electron chi connectivity index (χ4n) is 1.95. The number of rotatable bonds is 3. The van der Waals surface area contributed by atoms with Crippen LogP contribution in [0.5, 0.6) is 0 Å². The minimum absolute atomic E-state index is 0.108. The van der Waals surface area contributed by atoms with Crippen molar-refractivity contribution in [1.82, 2.24) is 14.7 Å². The predicted molar refractivity (Wildman–Crippen MR) is 54.6 cm³/mol. The average molecular weight is 223 g/mol. The summed E-state index contributed by atoms with van der Waals surface area (Å²) in [6, 6.07) is 1.06. The van der Waals surface area contributed by atoms with Crippen LogP contribution in [0.3, 0.4) is 0 Å². The fraction of sp³-hybridized carbons (Fsp3) is 0.500. The number of amides is 1. The lowest BCUT2D eigenvalue weighted by molar-refractivity contribution is -0.148. The topological polar surface area (TPSA) is 75.4 Å². The molecule has 1 aliphatic heterocycles. The molecule has 1 aliphatic rings. The predicted octanol–water partition coefficient (Wildman–Crippen LogP) is -0.0413. The van der Waals surface area contributed by atoms with E-state index >= 15 is 0 Å². The van der Waals surface area contributed by atoms with Crippen LogP contribution in [0.4, 0.5) is 0 Å². The van der Waals surface area contributed by atoms with Gasteiger partial charge in [-0.2, -0.15) is 5.10 Å². The molecule has 0 saturated carbocycles. The quantitative estimate of drug-likeness (QED) is 0.780. The van der Waals surface area contributed by atoms with E-state index in [0.29, 0.717) is 13.0 Å². The lowest BCUT2D eigenvalue weighted by Crippen LogP contribution is -2.42. The van der Waals surface area contributed by atoms with E-state index in [4.69, 9.17) is 5.11 Å². The molecule has 2 rings (SSSR count). The molecule has 0 radical (unpaired) electrons. The van der Waals surface area contributed by atoms with E-state index in [-0.39, 0.29) is 12.5 Å². The smallest absolute Gasteiger partial charge is 0.326 e. The van der Waals surface area contributed by atoms with Crippen molar-refractivity contribution in [2.45, 2.75) is 25.4 Å². The van der Waals surface area contributed by atoms with Gasteiger partial charge < -0.3 is 10.0 Å². The molecule has 1 amide bonds. The van der Waals surface area contributed by atoms with Crippen LogP contribution in [0.25, 0.3) is 0 Å². The van der Waals surface area contributed by atoms with E-state index in [1.54, 1.807) is 18.5 Å². The first-order valence-corrected chi connectivity index (χ1v) is 5.18. The standard InChI is InChI=1S/C10H13N3O3/c14-9(7-12-5-2-4-11-12)13-6-1-3-8(13)10(15)16/h2,4-5,8H,1,3,6-7H2,(H,15,16). The van der Waals surface area contributed by atoms with Gasteiger partial charge in [0, 0.05) is 18.9 Å². The molecule has 0 spiro atoms. The molecule has 0 aromatic carbocycles. The van der Waals surface area contributed by atoms with E-state index in [9.17, 15) is 9.59 Å². The van der Waals surface area contributed by atoms with Crippen molar-refractivity contribution in [3.05, 3.63) is 18.5 Å². The summed E-state index contributed by atoms with van der Waals surface area (Å²) in [5.41, 5.74) is 0. The van der Waals surface area contributed by atoms with Crippen LogP contribution >= 0.6 is 0 Å². The largest absolute Gasteiger partial charge is 0.480 e. The third-order valence-corrected chi connectivity index (χ3v) is 2.71. The molecular formula is C10H13N3O3. The maximum Gasteiger partial charge on any atom is 0.326 e. The van der Waals surface area contributed by atoms with Crippen molar-refractivity contribution in [2.24, 2.45) is 0 Å². The highest BCUT2D eigenvalue weighted by atomic mass is 16.4. The van der Waals surface area contributed by atoms with Crippen LogP contribution in [0, 0.1) is 0 Å². The number of likely N-dealkylation sites (tertiary alicyclic amines) is 1. The lowest BCUT2D eigenvalue weighted by Gasteiger charge is -2.21. The normalized spacial score (nSPS) is 20.0. The van der Waals surface area contributed by atoms with Crippen LogP contribution in [-0.2, 0) is 16.1 Å². The van der Waals surface area contributed by atoms with Crippen molar-refractivity contribution >= 4 is 11.9 Å². The number of aliphatic carboxylic acids is 1. The van der Waals surface area contributed by atoms with Crippen molar-refractivity contribution in [3.63, 3.8) is 0 Å². The third kappa shape index (κ3) is 2.05. The van der Waals surface area contributed by atoms with Gasteiger partial charge in [0.2, 0.25) is 5.91 Å². The molecule has 1 fully saturated rings. The van der Waals surface area contributed by atoms with E-state index in [1.165, 1.54) is 9.58 Å². The molecule has 0 aliphatic carbocycles. The summed E-state index contributed by atoms with van der Waals surface area (Å²) in [6.07, 6.45) is 4.57. The van der Waals surface area contributed by atoms with Gasteiger partial charge in [0.15, 0.2) is 0 Å². The molecule has 1 N–H and O–H groups in total. The highest BCUT2D eigenvalue weighted by Gasteiger charge is 2.33. The molecule has 1 atom stereocenters. The first-order valence-electron chi connectivity index (χ1n) is 5.18. The van der Waals surface area contributed by atoms with Gasteiger partial charge in [-0.05, 0) is 18.9 Å². The lowest BCUT2D eigenvalue weighted by atomic mass is 10.2. The highest BCUT2D eigenvalue weighted by molar-refractivity contribution is 5.84. The first-order chi connectivity index (χ1) is 7.68. The van der Waals surface area contributed by atoms with Gasteiger partial charge in [-0.1, -0.05) is 0 Å². The summed E-state index contributed by atoms with van der Waals surface area (Å²) >= 11 is 0. The molecule has 6 nitrogen and oxygen atoms in total. The van der Waals surface area contributed by atoms with Gasteiger partial charge in [0.25, 0.3) is 0 Å². The van der Waals surface area contributed by atoms with Crippen molar-refractivity contribution in [1.29, 1.82) is 0 Å². The van der Waals surface area contributed by atoms with E-state index in [2.05, 4.69) is 5.10 Å². The number of carboxylic acid groups (broad SMARTS) is 1. The van der Waals surface area contributed by atoms with Crippen molar-refractivity contribution < 1.29 is 14.7 Å². The summed E-state index contributed by atoms with van der Waals surface area (Å²) in [5, 5.41) is 12.9. The number of aromatic nitrogens is 2. The Balaban J connectivity index is 2.01. The average Bonchev–Trinajstić information content (AvgIpc) is 2.86. The van der Waals surface area contributed by atoms with Crippen LogP contribution < -0.4 is 0 Å². The van der Waals surface area contributed by atoms with Crippen molar-refractivity contribution in [3.8, 4) is 0 Å². The summed E-state index contributed by atoms with van der Waals surface area (Å²) in [6.45, 7) is 0.633. The molecule has 1 unspecified atom stereocenters. The summed E-state index contributed by atoms with van der Waals surface area (Å²) < 4.78 is 1.50. The second-order valence-corrected chi connectivity index (χ2v) is 3.79. The summed E-state index contributed by atoms with van der Waals surface area (Å²) in [7, 11) is 0. The molecule has 0 bridgehead atoms. The zero-order valence-electron chi connectivity index (χ0n) is 8.74. The Kier molecular flexibility index (Phi) is 2.89.